The Balaban J connectivity index is 1.87. The summed E-state index contributed by atoms with van der Waals surface area (Å²) >= 11 is 4.45. The Hall–Kier alpha value is -1.64. The Kier molecular flexibility index (Phi) is 5.04. The van der Waals surface area contributed by atoms with Gasteiger partial charge in [0.05, 0.1) is 21.7 Å². The molecule has 1 N–H and O–H groups in total. The quantitative estimate of drug-likeness (QED) is 0.640. The first-order chi connectivity index (χ1) is 11.7. The van der Waals surface area contributed by atoms with E-state index in [1.165, 1.54) is 0 Å². The molecule has 0 aliphatic rings. The number of sulfonamides is 1. The minimum absolute atomic E-state index is 0.0418. The predicted octanol–water partition coefficient (Wildman–Crippen LogP) is 4.35. The zero-order chi connectivity index (χ0) is 18.2. The summed E-state index contributed by atoms with van der Waals surface area (Å²) < 4.78 is 30.7. The van der Waals surface area contributed by atoms with Crippen LogP contribution in [0.2, 0.25) is 0 Å². The fourth-order valence-electron chi connectivity index (χ4n) is 2.60. The van der Waals surface area contributed by atoms with Crippen LogP contribution in [0.4, 0.5) is 5.69 Å². The van der Waals surface area contributed by atoms with E-state index in [1.54, 1.807) is 34.9 Å². The van der Waals surface area contributed by atoms with Crippen LogP contribution in [0, 0.1) is 0 Å². The lowest BCUT2D eigenvalue weighted by atomic mass is 10.2. The molecular formula is C17H17BrN2O3S2. The van der Waals surface area contributed by atoms with Crippen LogP contribution in [0.1, 0.15) is 25.5 Å². The van der Waals surface area contributed by atoms with Gasteiger partial charge in [0.25, 0.3) is 0 Å². The molecule has 25 heavy (non-hydrogen) atoms. The molecule has 0 unspecified atom stereocenters. The number of aromatic nitrogens is 1. The second-order valence-electron chi connectivity index (χ2n) is 6.00. The molecule has 3 aromatic rings. The SMILES string of the molecule is CC(C)n1c(=O)sc2cc(NS(=O)(=O)Cc3ccc(Br)cc3)ccc21. The number of hydrogen-bond donors (Lipinski definition) is 1. The molecule has 0 spiro atoms. The Bertz CT molecular complexity index is 1070. The zero-order valence-corrected chi connectivity index (χ0v) is 16.9. The lowest BCUT2D eigenvalue weighted by molar-refractivity contribution is 0.600. The van der Waals surface area contributed by atoms with E-state index >= 15 is 0 Å². The fourth-order valence-corrected chi connectivity index (χ4v) is 5.11. The van der Waals surface area contributed by atoms with Gasteiger partial charge in [0.15, 0.2) is 0 Å². The second-order valence-corrected chi connectivity index (χ2v) is 9.63. The van der Waals surface area contributed by atoms with E-state index in [-0.39, 0.29) is 16.7 Å². The van der Waals surface area contributed by atoms with Gasteiger partial charge in [-0.25, -0.2) is 8.42 Å². The van der Waals surface area contributed by atoms with Crippen molar-refractivity contribution in [3.63, 3.8) is 0 Å². The van der Waals surface area contributed by atoms with Gasteiger partial charge in [-0.2, -0.15) is 0 Å². The lowest BCUT2D eigenvalue weighted by Gasteiger charge is -2.10. The molecule has 1 heterocycles. The van der Waals surface area contributed by atoms with Gasteiger partial charge in [-0.1, -0.05) is 39.4 Å². The van der Waals surface area contributed by atoms with Crippen molar-refractivity contribution in [1.29, 1.82) is 0 Å². The summed E-state index contributed by atoms with van der Waals surface area (Å²) in [5.41, 5.74) is 1.98. The van der Waals surface area contributed by atoms with E-state index in [4.69, 9.17) is 0 Å². The number of benzene rings is 2. The van der Waals surface area contributed by atoms with Gasteiger partial charge >= 0.3 is 4.87 Å². The van der Waals surface area contributed by atoms with Crippen molar-refractivity contribution < 1.29 is 8.42 Å². The Labute approximate surface area is 158 Å². The third-order valence-electron chi connectivity index (χ3n) is 3.67. The van der Waals surface area contributed by atoms with Crippen LogP contribution in [0.15, 0.2) is 51.7 Å². The number of fused-ring (bicyclic) bond motifs is 1. The monoisotopic (exact) mass is 440 g/mol. The Morgan fingerprint density at radius 3 is 2.48 bits per heavy atom. The molecule has 2 aromatic carbocycles. The molecule has 0 radical (unpaired) electrons. The second kappa shape index (κ2) is 6.93. The maximum Gasteiger partial charge on any atom is 0.308 e. The summed E-state index contributed by atoms with van der Waals surface area (Å²) in [6.07, 6.45) is 0. The molecule has 5 nitrogen and oxygen atoms in total. The molecule has 0 atom stereocenters. The summed E-state index contributed by atoms with van der Waals surface area (Å²) in [6, 6.07) is 12.4. The molecule has 1 aromatic heterocycles. The highest BCUT2D eigenvalue weighted by Crippen LogP contribution is 2.25. The summed E-state index contributed by atoms with van der Waals surface area (Å²) in [7, 11) is -3.53. The molecule has 8 heteroatoms. The summed E-state index contributed by atoms with van der Waals surface area (Å²) in [5.74, 6) is -0.110. The van der Waals surface area contributed by atoms with Crippen molar-refractivity contribution >= 4 is 53.2 Å². The van der Waals surface area contributed by atoms with Gasteiger partial charge in [-0.3, -0.25) is 14.1 Å². The number of thiazole rings is 1. The normalized spacial score (nSPS) is 12.0. The maximum absolute atomic E-state index is 12.4. The van der Waals surface area contributed by atoms with Gasteiger partial charge in [-0.15, -0.1) is 0 Å². The predicted molar refractivity (Wildman–Crippen MR) is 107 cm³/mol. The number of nitrogens with one attached hydrogen (secondary N) is 1. The van der Waals surface area contributed by atoms with Gasteiger partial charge in [0, 0.05) is 10.5 Å². The molecule has 0 fully saturated rings. The highest BCUT2D eigenvalue weighted by Gasteiger charge is 2.14. The van der Waals surface area contributed by atoms with Crippen LogP contribution in [-0.4, -0.2) is 13.0 Å². The van der Waals surface area contributed by atoms with Gasteiger partial charge in [-0.05, 0) is 49.7 Å². The molecule has 0 bridgehead atoms. The average Bonchev–Trinajstić information content (AvgIpc) is 2.84. The number of hydrogen-bond acceptors (Lipinski definition) is 4. The number of anilines is 1. The summed E-state index contributed by atoms with van der Waals surface area (Å²) in [6.45, 7) is 3.89. The molecule has 0 saturated heterocycles. The van der Waals surface area contributed by atoms with Crippen molar-refractivity contribution in [2.45, 2.75) is 25.6 Å². The van der Waals surface area contributed by atoms with Crippen LogP contribution in [0.25, 0.3) is 10.2 Å². The van der Waals surface area contributed by atoms with Gasteiger partial charge < -0.3 is 0 Å². The molecule has 0 aliphatic heterocycles. The number of halogens is 1. The van der Waals surface area contributed by atoms with Crippen LogP contribution in [-0.2, 0) is 15.8 Å². The molecule has 132 valence electrons. The summed E-state index contributed by atoms with van der Waals surface area (Å²) in [5, 5.41) is 0. The molecule has 0 aliphatic carbocycles. The smallest absolute Gasteiger partial charge is 0.296 e. The molecule has 0 amide bonds. The first kappa shape index (κ1) is 18.2. The van der Waals surface area contributed by atoms with E-state index in [9.17, 15) is 13.2 Å². The fraction of sp³-hybridized carbons (Fsp3) is 0.235. The van der Waals surface area contributed by atoms with Crippen molar-refractivity contribution in [3.8, 4) is 0 Å². The van der Waals surface area contributed by atoms with E-state index < -0.39 is 10.0 Å². The molecular weight excluding hydrogens is 424 g/mol. The van der Waals surface area contributed by atoms with Crippen LogP contribution in [0.3, 0.4) is 0 Å². The minimum Gasteiger partial charge on any atom is -0.296 e. The molecule has 3 rings (SSSR count). The third kappa shape index (κ3) is 4.13. The van der Waals surface area contributed by atoms with Crippen molar-refractivity contribution in [2.75, 3.05) is 4.72 Å². The third-order valence-corrected chi connectivity index (χ3v) is 6.38. The lowest BCUT2D eigenvalue weighted by Crippen LogP contribution is -2.15. The van der Waals surface area contributed by atoms with Crippen LogP contribution in [0.5, 0.6) is 0 Å². The molecule has 0 saturated carbocycles. The average molecular weight is 441 g/mol. The van der Waals surface area contributed by atoms with E-state index in [2.05, 4.69) is 20.7 Å². The maximum atomic E-state index is 12.4. The van der Waals surface area contributed by atoms with Crippen LogP contribution >= 0.6 is 27.3 Å². The van der Waals surface area contributed by atoms with Gasteiger partial charge in [0.1, 0.15) is 0 Å². The first-order valence-corrected chi connectivity index (χ1v) is 10.9. The zero-order valence-electron chi connectivity index (χ0n) is 13.7. The minimum atomic E-state index is -3.53. The number of nitrogens with zero attached hydrogens (tertiary/aromatic N) is 1. The highest BCUT2D eigenvalue weighted by molar-refractivity contribution is 9.10. The summed E-state index contributed by atoms with van der Waals surface area (Å²) in [4.78, 5) is 12.0. The Morgan fingerprint density at radius 1 is 1.16 bits per heavy atom. The van der Waals surface area contributed by atoms with E-state index in [0.29, 0.717) is 11.3 Å². The van der Waals surface area contributed by atoms with Crippen LogP contribution < -0.4 is 9.60 Å². The van der Waals surface area contributed by atoms with E-state index in [1.807, 2.05) is 26.0 Å². The van der Waals surface area contributed by atoms with Crippen molar-refractivity contribution in [3.05, 3.63) is 62.2 Å². The Morgan fingerprint density at radius 2 is 1.84 bits per heavy atom. The standard InChI is InChI=1S/C17H17BrN2O3S2/c1-11(2)20-15-8-7-14(9-16(15)24-17(20)21)19-25(22,23)10-12-3-5-13(18)6-4-12/h3-9,11,19H,10H2,1-2H3. The topological polar surface area (TPSA) is 68.2 Å². The number of rotatable bonds is 5. The largest absolute Gasteiger partial charge is 0.308 e. The van der Waals surface area contributed by atoms with Crippen molar-refractivity contribution in [1.82, 2.24) is 4.57 Å². The first-order valence-electron chi connectivity index (χ1n) is 7.65. The highest BCUT2D eigenvalue weighted by atomic mass is 79.9. The van der Waals surface area contributed by atoms with E-state index in [0.717, 1.165) is 26.0 Å². The van der Waals surface area contributed by atoms with Crippen molar-refractivity contribution in [2.24, 2.45) is 0 Å². The van der Waals surface area contributed by atoms with Gasteiger partial charge in [0.2, 0.25) is 10.0 Å².